The van der Waals surface area contributed by atoms with Gasteiger partial charge >= 0.3 is 5.97 Å². The number of carbonyl (C=O) groups is 1. The average Bonchev–Trinajstić information content (AvgIpc) is 2.18. The zero-order valence-corrected chi connectivity index (χ0v) is 11.7. The molecule has 0 unspecified atom stereocenters. The third-order valence-corrected chi connectivity index (χ3v) is 7.42. The third-order valence-electron chi connectivity index (χ3n) is 2.94. The smallest absolute Gasteiger partial charge is 0.303 e. The fourth-order valence-electron chi connectivity index (χ4n) is 0.829. The zero-order chi connectivity index (χ0) is 18.2. The van der Waals surface area contributed by atoms with Crippen LogP contribution in [0.5, 0.6) is 0 Å². The van der Waals surface area contributed by atoms with Gasteiger partial charge in [-0.05, 0) is 23.5 Å². The lowest BCUT2D eigenvalue weighted by Crippen LogP contribution is -2.43. The molecule has 96 valence electrons. The Labute approximate surface area is 109 Å². The van der Waals surface area contributed by atoms with Gasteiger partial charge in [0.15, 0.2) is 8.32 Å². The summed E-state index contributed by atoms with van der Waals surface area (Å²) in [5, 5.41) is 8.78. The molecule has 0 amide bonds. The molecule has 0 saturated carbocycles. The van der Waals surface area contributed by atoms with Gasteiger partial charge in [-0.1, -0.05) is 34.5 Å². The van der Waals surface area contributed by atoms with E-state index in [1.807, 2.05) is 33.9 Å². The quantitative estimate of drug-likeness (QED) is 0.762. The molecule has 0 atom stereocenters. The fourth-order valence-corrected chi connectivity index (χ4v) is 1.87. The number of hydrogen-bond donors (Lipinski definition) is 1. The zero-order valence-electron chi connectivity index (χ0n) is 16.7. The molecule has 0 spiro atoms. The van der Waals surface area contributed by atoms with Crippen LogP contribution in [0.2, 0.25) is 18.1 Å². The second-order valence-electron chi connectivity index (χ2n) is 5.70. The second-order valence-corrected chi connectivity index (χ2v) is 10.5. The van der Waals surface area contributed by atoms with Crippen LogP contribution in [0.1, 0.15) is 49.1 Å². The van der Waals surface area contributed by atoms with Crippen molar-refractivity contribution in [1.29, 1.82) is 0 Å². The van der Waals surface area contributed by atoms with E-state index in [1.165, 1.54) is 0 Å². The van der Waals surface area contributed by atoms with E-state index in [1.54, 1.807) is 0 Å². The van der Waals surface area contributed by atoms with Crippen LogP contribution in [-0.2, 0) is 9.22 Å². The van der Waals surface area contributed by atoms with Crippen LogP contribution < -0.4 is 0 Å². The Morgan fingerprint density at radius 2 is 1.88 bits per heavy atom. The highest BCUT2D eigenvalue weighted by atomic mass is 28.4. The maximum absolute atomic E-state index is 11.1. The minimum Gasteiger partial charge on any atom is -0.481 e. The Hall–Kier alpha value is -0.353. The van der Waals surface area contributed by atoms with Gasteiger partial charge in [0, 0.05) is 14.8 Å². The van der Waals surface area contributed by atoms with Crippen molar-refractivity contribution in [3.63, 3.8) is 0 Å². The van der Waals surface area contributed by atoms with Gasteiger partial charge in [0.05, 0.1) is 6.42 Å². The molecule has 0 rings (SSSR count). The molecule has 0 aliphatic rings. The van der Waals surface area contributed by atoms with Crippen LogP contribution in [0, 0.1) is 5.41 Å². The van der Waals surface area contributed by atoms with Crippen LogP contribution >= 0.6 is 0 Å². The van der Waals surface area contributed by atoms with Crippen molar-refractivity contribution in [2.75, 3.05) is 6.61 Å². The van der Waals surface area contributed by atoms with E-state index in [4.69, 9.17) is 17.8 Å². The number of carboxylic acid groups (broad SMARTS) is 1. The summed E-state index contributed by atoms with van der Waals surface area (Å²) in [4.78, 5) is 11.1. The van der Waals surface area contributed by atoms with Gasteiger partial charge in [-0.2, -0.15) is 0 Å². The molecule has 0 aromatic carbocycles. The summed E-state index contributed by atoms with van der Waals surface area (Å²) < 4.78 is 51.3. The number of carboxylic acids is 1. The first-order chi connectivity index (χ1) is 9.37. The van der Waals surface area contributed by atoms with Crippen molar-refractivity contribution >= 4 is 14.3 Å². The Kier molecular flexibility index (Phi) is 2.40. The largest absolute Gasteiger partial charge is 0.481 e. The molecule has 4 heteroatoms. The molecule has 0 bridgehead atoms. The molecule has 0 fully saturated rings. The summed E-state index contributed by atoms with van der Waals surface area (Å²) in [6.45, 7) is 2.95. The molecule has 0 radical (unpaired) electrons. The lowest BCUT2D eigenvalue weighted by molar-refractivity contribution is -0.139. The summed E-state index contributed by atoms with van der Waals surface area (Å²) in [7, 11) is -2.42. The first-order valence-corrected chi connectivity index (χ1v) is 8.14. The first-order valence-electron chi connectivity index (χ1n) is 8.23. The van der Waals surface area contributed by atoms with Crippen molar-refractivity contribution in [3.8, 4) is 0 Å². The Balaban J connectivity index is 5.76. The molecule has 3 nitrogen and oxygen atoms in total. The van der Waals surface area contributed by atoms with Gasteiger partial charge < -0.3 is 9.53 Å². The first kappa shape index (κ1) is 7.87. The Morgan fingerprint density at radius 1 is 1.38 bits per heavy atom. The molecule has 1 N–H and O–H groups in total. The molecule has 0 aromatic heterocycles. The van der Waals surface area contributed by atoms with Gasteiger partial charge in [0.2, 0.25) is 0 Å². The van der Waals surface area contributed by atoms with Crippen molar-refractivity contribution in [3.05, 3.63) is 0 Å². The molecule has 0 aliphatic carbocycles. The van der Waals surface area contributed by atoms with E-state index in [-0.39, 0.29) is 5.04 Å². The predicted octanol–water partition coefficient (Wildman–Crippen LogP) is 3.51. The summed E-state index contributed by atoms with van der Waals surface area (Å²) in [6, 6.07) is 0. The summed E-state index contributed by atoms with van der Waals surface area (Å²) in [5.74, 6) is -1.47. The third kappa shape index (κ3) is 5.12. The van der Waals surface area contributed by atoms with E-state index in [2.05, 4.69) is 0 Å². The molecular formula is C12H26O3Si. The van der Waals surface area contributed by atoms with E-state index in [9.17, 15) is 4.79 Å². The lowest BCUT2D eigenvalue weighted by Gasteiger charge is -2.38. The van der Waals surface area contributed by atoms with Crippen LogP contribution in [0.25, 0.3) is 0 Å². The minimum atomic E-state index is -2.97. The SMILES string of the molecule is [2H]C([2H])([2H])C(CO[Si](C)(C)C(C)(C)C)(CC(=O)O)C([2H])([2H])[2H]. The van der Waals surface area contributed by atoms with Gasteiger partial charge in [-0.15, -0.1) is 0 Å². The van der Waals surface area contributed by atoms with Crippen molar-refractivity contribution in [2.24, 2.45) is 5.41 Å². The Bertz CT molecular complexity index is 395. The van der Waals surface area contributed by atoms with E-state index >= 15 is 0 Å². The highest BCUT2D eigenvalue weighted by Crippen LogP contribution is 2.37. The molecular weight excluding hydrogens is 220 g/mol. The van der Waals surface area contributed by atoms with Crippen LogP contribution in [0.15, 0.2) is 0 Å². The highest BCUT2D eigenvalue weighted by Gasteiger charge is 2.38. The monoisotopic (exact) mass is 252 g/mol. The van der Waals surface area contributed by atoms with Crippen molar-refractivity contribution in [1.82, 2.24) is 0 Å². The molecule has 0 aliphatic heterocycles. The highest BCUT2D eigenvalue weighted by molar-refractivity contribution is 6.74. The summed E-state index contributed by atoms with van der Waals surface area (Å²) >= 11 is 0. The normalized spacial score (nSPS) is 21.1. The van der Waals surface area contributed by atoms with Gasteiger partial charge in [0.1, 0.15) is 0 Å². The molecule has 0 heterocycles. The predicted molar refractivity (Wildman–Crippen MR) is 69.2 cm³/mol. The fraction of sp³-hybridized carbons (Fsp3) is 0.917. The van der Waals surface area contributed by atoms with Gasteiger partial charge in [-0.3, -0.25) is 4.79 Å². The maximum atomic E-state index is 11.1. The van der Waals surface area contributed by atoms with Crippen LogP contribution in [0.3, 0.4) is 0 Å². The molecule has 0 saturated heterocycles. The average molecular weight is 252 g/mol. The lowest BCUT2D eigenvalue weighted by atomic mass is 9.91. The standard InChI is InChI=1S/C12H26O3Si/c1-11(2,3)16(6,7)15-9-12(4,5)8-10(13)14/h8-9H2,1-7H3,(H,13,14)/i4D3,5D3. The van der Waals surface area contributed by atoms with Crippen LogP contribution in [0.4, 0.5) is 0 Å². The van der Waals surface area contributed by atoms with Gasteiger partial charge in [-0.25, -0.2) is 0 Å². The number of hydrogen-bond acceptors (Lipinski definition) is 2. The minimum absolute atomic E-state index is 0.245. The second kappa shape index (κ2) is 4.88. The Morgan fingerprint density at radius 3 is 2.19 bits per heavy atom. The topological polar surface area (TPSA) is 46.5 Å². The van der Waals surface area contributed by atoms with E-state index in [0.29, 0.717) is 0 Å². The summed E-state index contributed by atoms with van der Waals surface area (Å²) in [6.07, 6.45) is -0.991. The molecule has 16 heavy (non-hydrogen) atoms. The molecule has 0 aromatic rings. The van der Waals surface area contributed by atoms with Crippen LogP contribution in [-0.4, -0.2) is 26.0 Å². The number of rotatable bonds is 5. The van der Waals surface area contributed by atoms with E-state index < -0.39 is 46.4 Å². The van der Waals surface area contributed by atoms with Gasteiger partial charge in [0.25, 0.3) is 0 Å². The van der Waals surface area contributed by atoms with Crippen molar-refractivity contribution in [2.45, 2.75) is 59.0 Å². The van der Waals surface area contributed by atoms with Crippen molar-refractivity contribution < 1.29 is 22.6 Å². The number of aliphatic carboxylic acids is 1. The maximum Gasteiger partial charge on any atom is 0.303 e. The summed E-state index contributed by atoms with van der Waals surface area (Å²) in [5.41, 5.74) is -2.42. The van der Waals surface area contributed by atoms with E-state index in [0.717, 1.165) is 0 Å².